The summed E-state index contributed by atoms with van der Waals surface area (Å²) in [5.74, 6) is 0.453. The SMILES string of the molecule is CCOc1cccn2cc(CCNC(=O)Cc3ccccc3[N+](=O)[O-])nc12. The van der Waals surface area contributed by atoms with Crippen molar-refractivity contribution in [1.82, 2.24) is 14.7 Å². The Kier molecular flexibility index (Phi) is 5.65. The maximum absolute atomic E-state index is 12.1. The van der Waals surface area contributed by atoms with Crippen molar-refractivity contribution in [2.24, 2.45) is 0 Å². The van der Waals surface area contributed by atoms with E-state index in [9.17, 15) is 14.9 Å². The molecule has 0 aliphatic heterocycles. The summed E-state index contributed by atoms with van der Waals surface area (Å²) in [6.07, 6.45) is 4.31. The molecule has 8 heteroatoms. The normalized spacial score (nSPS) is 10.7. The number of aromatic nitrogens is 2. The predicted octanol–water partition coefficient (Wildman–Crippen LogP) is 2.54. The van der Waals surface area contributed by atoms with Gasteiger partial charge in [0.05, 0.1) is 23.6 Å². The fourth-order valence-corrected chi connectivity index (χ4v) is 2.83. The topological polar surface area (TPSA) is 98.8 Å². The third-order valence-corrected chi connectivity index (χ3v) is 4.04. The number of imidazole rings is 1. The van der Waals surface area contributed by atoms with Gasteiger partial charge in [-0.1, -0.05) is 18.2 Å². The van der Waals surface area contributed by atoms with Crippen molar-refractivity contribution in [2.45, 2.75) is 19.8 Å². The van der Waals surface area contributed by atoms with E-state index in [1.54, 1.807) is 18.2 Å². The molecule has 1 amide bonds. The second kappa shape index (κ2) is 8.31. The van der Waals surface area contributed by atoms with Crippen LogP contribution in [0.1, 0.15) is 18.2 Å². The number of benzene rings is 1. The number of ether oxygens (including phenoxy) is 1. The molecule has 8 nitrogen and oxygen atoms in total. The minimum absolute atomic E-state index is 0.0309. The molecule has 27 heavy (non-hydrogen) atoms. The fraction of sp³-hybridized carbons (Fsp3) is 0.263. The van der Waals surface area contributed by atoms with Gasteiger partial charge >= 0.3 is 0 Å². The lowest BCUT2D eigenvalue weighted by Gasteiger charge is -2.05. The zero-order valence-electron chi connectivity index (χ0n) is 14.9. The lowest BCUT2D eigenvalue weighted by atomic mass is 10.1. The van der Waals surface area contributed by atoms with Gasteiger partial charge in [0.2, 0.25) is 5.91 Å². The Morgan fingerprint density at radius 3 is 2.89 bits per heavy atom. The Bertz CT molecular complexity index is 967. The van der Waals surface area contributed by atoms with Gasteiger partial charge in [-0.2, -0.15) is 0 Å². The average Bonchev–Trinajstić information content (AvgIpc) is 3.06. The molecule has 0 bridgehead atoms. The Hall–Kier alpha value is -3.42. The van der Waals surface area contributed by atoms with Crippen LogP contribution >= 0.6 is 0 Å². The van der Waals surface area contributed by atoms with E-state index in [1.807, 2.05) is 35.9 Å². The number of carbonyl (C=O) groups is 1. The molecule has 0 saturated carbocycles. The van der Waals surface area contributed by atoms with Crippen molar-refractivity contribution < 1.29 is 14.5 Å². The molecule has 3 aromatic rings. The highest BCUT2D eigenvalue weighted by Crippen LogP contribution is 2.19. The van der Waals surface area contributed by atoms with Gasteiger partial charge in [0, 0.05) is 37.0 Å². The lowest BCUT2D eigenvalue weighted by Crippen LogP contribution is -2.27. The van der Waals surface area contributed by atoms with Gasteiger partial charge in [0.25, 0.3) is 5.69 Å². The Balaban J connectivity index is 1.58. The van der Waals surface area contributed by atoms with Crippen molar-refractivity contribution in [3.05, 3.63) is 70.2 Å². The van der Waals surface area contributed by atoms with E-state index < -0.39 is 4.92 Å². The van der Waals surface area contributed by atoms with E-state index in [2.05, 4.69) is 10.3 Å². The third-order valence-electron chi connectivity index (χ3n) is 4.04. The van der Waals surface area contributed by atoms with Gasteiger partial charge < -0.3 is 14.5 Å². The van der Waals surface area contributed by atoms with Crippen molar-refractivity contribution in [3.8, 4) is 5.75 Å². The van der Waals surface area contributed by atoms with Gasteiger partial charge in [-0.25, -0.2) is 4.98 Å². The lowest BCUT2D eigenvalue weighted by molar-refractivity contribution is -0.385. The molecule has 0 aliphatic carbocycles. The van der Waals surface area contributed by atoms with E-state index in [-0.39, 0.29) is 18.0 Å². The second-order valence-corrected chi connectivity index (χ2v) is 5.93. The van der Waals surface area contributed by atoms with Gasteiger partial charge in [0.15, 0.2) is 11.4 Å². The van der Waals surface area contributed by atoms with E-state index in [0.717, 1.165) is 11.3 Å². The molecule has 140 valence electrons. The van der Waals surface area contributed by atoms with Crippen LogP contribution in [0.5, 0.6) is 5.75 Å². The quantitative estimate of drug-likeness (QED) is 0.487. The number of pyridine rings is 1. The average molecular weight is 368 g/mol. The van der Waals surface area contributed by atoms with Crippen LogP contribution in [0, 0.1) is 10.1 Å². The first-order chi connectivity index (χ1) is 13.1. The smallest absolute Gasteiger partial charge is 0.273 e. The standard InChI is InChI=1S/C19H20N4O4/c1-2-27-17-8-5-11-22-13-15(21-19(17)22)9-10-20-18(24)12-14-6-3-4-7-16(14)23(25)26/h3-8,11,13H,2,9-10,12H2,1H3,(H,20,24). The van der Waals surface area contributed by atoms with Crippen LogP contribution in [0.25, 0.3) is 5.65 Å². The number of nitro benzene ring substituents is 1. The molecule has 3 rings (SSSR count). The molecule has 0 fully saturated rings. The van der Waals surface area contributed by atoms with Crippen LogP contribution in [0.3, 0.4) is 0 Å². The van der Waals surface area contributed by atoms with Gasteiger partial charge in [0.1, 0.15) is 0 Å². The summed E-state index contributed by atoms with van der Waals surface area (Å²) in [5.41, 5.74) is 1.92. The number of amides is 1. The first-order valence-electron chi connectivity index (χ1n) is 8.67. The van der Waals surface area contributed by atoms with Crippen molar-refractivity contribution >= 4 is 17.2 Å². The minimum atomic E-state index is -0.477. The molecule has 0 unspecified atom stereocenters. The van der Waals surface area contributed by atoms with E-state index in [4.69, 9.17) is 4.74 Å². The summed E-state index contributed by atoms with van der Waals surface area (Å²) in [6.45, 7) is 2.87. The maximum Gasteiger partial charge on any atom is 0.273 e. The van der Waals surface area contributed by atoms with Crippen LogP contribution < -0.4 is 10.1 Å². The third kappa shape index (κ3) is 4.41. The molecule has 0 atom stereocenters. The summed E-state index contributed by atoms with van der Waals surface area (Å²) >= 11 is 0. The molecule has 1 aromatic carbocycles. The Morgan fingerprint density at radius 2 is 2.11 bits per heavy atom. The summed E-state index contributed by atoms with van der Waals surface area (Å²) < 4.78 is 7.45. The summed E-state index contributed by atoms with van der Waals surface area (Å²) in [5, 5.41) is 13.8. The molecular weight excluding hydrogens is 348 g/mol. The number of para-hydroxylation sites is 1. The Labute approximate surface area is 155 Å². The summed E-state index contributed by atoms with van der Waals surface area (Å²) in [6, 6.07) is 10.0. The number of fused-ring (bicyclic) bond motifs is 1. The van der Waals surface area contributed by atoms with Crippen molar-refractivity contribution in [3.63, 3.8) is 0 Å². The maximum atomic E-state index is 12.1. The first kappa shape index (κ1) is 18.4. The van der Waals surface area contributed by atoms with Crippen LogP contribution in [-0.4, -0.2) is 33.4 Å². The van der Waals surface area contributed by atoms with Gasteiger partial charge in [-0.15, -0.1) is 0 Å². The number of nitrogens with zero attached hydrogens (tertiary/aromatic N) is 3. The molecule has 0 radical (unpaired) electrons. The van der Waals surface area contributed by atoms with E-state index in [1.165, 1.54) is 6.07 Å². The summed E-state index contributed by atoms with van der Waals surface area (Å²) in [7, 11) is 0. The molecule has 0 aliphatic rings. The molecule has 0 spiro atoms. The molecule has 2 aromatic heterocycles. The van der Waals surface area contributed by atoms with Crippen LogP contribution in [0.4, 0.5) is 5.69 Å². The van der Waals surface area contributed by atoms with Crippen LogP contribution in [-0.2, 0) is 17.6 Å². The predicted molar refractivity (Wildman–Crippen MR) is 99.9 cm³/mol. The highest BCUT2D eigenvalue weighted by molar-refractivity contribution is 5.79. The monoisotopic (exact) mass is 368 g/mol. The molecule has 2 heterocycles. The Morgan fingerprint density at radius 1 is 1.30 bits per heavy atom. The zero-order chi connectivity index (χ0) is 19.2. The first-order valence-corrected chi connectivity index (χ1v) is 8.67. The highest BCUT2D eigenvalue weighted by Gasteiger charge is 2.15. The van der Waals surface area contributed by atoms with Gasteiger partial charge in [-0.3, -0.25) is 14.9 Å². The number of carbonyl (C=O) groups excluding carboxylic acids is 1. The largest absolute Gasteiger partial charge is 0.490 e. The molecule has 0 saturated heterocycles. The van der Waals surface area contributed by atoms with Crippen molar-refractivity contribution in [1.29, 1.82) is 0 Å². The van der Waals surface area contributed by atoms with E-state index in [0.29, 0.717) is 30.9 Å². The summed E-state index contributed by atoms with van der Waals surface area (Å²) in [4.78, 5) is 27.2. The highest BCUT2D eigenvalue weighted by atomic mass is 16.6. The number of nitrogens with one attached hydrogen (secondary N) is 1. The number of rotatable bonds is 8. The molecular formula is C19H20N4O4. The van der Waals surface area contributed by atoms with Gasteiger partial charge in [-0.05, 0) is 19.1 Å². The van der Waals surface area contributed by atoms with E-state index >= 15 is 0 Å². The van der Waals surface area contributed by atoms with Crippen LogP contribution in [0.15, 0.2) is 48.8 Å². The minimum Gasteiger partial charge on any atom is -0.490 e. The number of hydrogen-bond acceptors (Lipinski definition) is 5. The van der Waals surface area contributed by atoms with Crippen LogP contribution in [0.2, 0.25) is 0 Å². The zero-order valence-corrected chi connectivity index (χ0v) is 14.9. The number of nitro groups is 1. The second-order valence-electron chi connectivity index (χ2n) is 5.93. The number of hydrogen-bond donors (Lipinski definition) is 1. The van der Waals surface area contributed by atoms with Crippen molar-refractivity contribution in [2.75, 3.05) is 13.2 Å². The molecule has 1 N–H and O–H groups in total. The fourth-order valence-electron chi connectivity index (χ4n) is 2.83.